The number of pyridine rings is 1. The molecule has 4 aromatic rings. The predicted molar refractivity (Wildman–Crippen MR) is 144 cm³/mol. The zero-order valence-electron chi connectivity index (χ0n) is 22.7. The van der Waals surface area contributed by atoms with Crippen LogP contribution in [0.2, 0.25) is 0 Å². The van der Waals surface area contributed by atoms with E-state index in [1.54, 1.807) is 30.6 Å². The van der Waals surface area contributed by atoms with Gasteiger partial charge in [-0.2, -0.15) is 13.8 Å². The number of rotatable bonds is 7. The van der Waals surface area contributed by atoms with Crippen molar-refractivity contribution in [3.05, 3.63) is 60.0 Å². The molecule has 1 fully saturated rings. The molecule has 1 amide bonds. The van der Waals surface area contributed by atoms with Crippen molar-refractivity contribution in [2.24, 2.45) is 0 Å². The summed E-state index contributed by atoms with van der Waals surface area (Å²) in [5, 5.41) is 9.85. The second kappa shape index (κ2) is 10.8. The van der Waals surface area contributed by atoms with Crippen LogP contribution in [-0.2, 0) is 12.1 Å². The number of anilines is 1. The van der Waals surface area contributed by atoms with Gasteiger partial charge in [0, 0.05) is 43.3 Å². The molecule has 40 heavy (non-hydrogen) atoms. The fourth-order valence-corrected chi connectivity index (χ4v) is 4.65. The highest BCUT2D eigenvalue weighted by Gasteiger charge is 2.29. The average Bonchev–Trinajstić information content (AvgIpc) is 3.63. The first-order chi connectivity index (χ1) is 19.0. The van der Waals surface area contributed by atoms with E-state index in [9.17, 15) is 18.0 Å². The lowest BCUT2D eigenvalue weighted by atomic mass is 10.0. The number of amides is 1. The van der Waals surface area contributed by atoms with Crippen molar-refractivity contribution in [1.29, 1.82) is 0 Å². The second-order valence-corrected chi connectivity index (χ2v) is 10.9. The molecule has 0 saturated carbocycles. The Labute approximate surface area is 228 Å². The van der Waals surface area contributed by atoms with E-state index in [1.165, 1.54) is 4.40 Å². The largest absolute Gasteiger partial charge is 0.376 e. The van der Waals surface area contributed by atoms with Gasteiger partial charge in [0.2, 0.25) is 11.7 Å². The third-order valence-corrected chi connectivity index (χ3v) is 6.83. The molecular formula is C27H31F3N8O2. The highest BCUT2D eigenvalue weighted by Crippen LogP contribution is 2.30. The van der Waals surface area contributed by atoms with Gasteiger partial charge in [-0.25, -0.2) is 9.37 Å². The molecule has 2 atom stereocenters. The molecule has 0 radical (unpaired) electrons. The summed E-state index contributed by atoms with van der Waals surface area (Å²) in [4.78, 5) is 23.4. The van der Waals surface area contributed by atoms with E-state index in [0.717, 1.165) is 6.54 Å². The standard InChI is InChI=1S/C27H31F3N8O2/c1-27(2,3)37-11-7-16(14-37)26(39)31-13-22-33-24(35-40-22)23-20(12-21(29)30)38-9-5-6-19(25(38)34-23)32-18-8-10-36(4)15-17(18)28/h5-7,9,11-12,14,17-18,32H,8,10,13,15H2,1-4H3,(H,31,39)/t17-,18+/m0/s1. The highest BCUT2D eigenvalue weighted by molar-refractivity contribution is 5.94. The molecule has 1 saturated heterocycles. The minimum Gasteiger partial charge on any atom is -0.376 e. The Morgan fingerprint density at radius 1 is 1.23 bits per heavy atom. The first kappa shape index (κ1) is 27.4. The third-order valence-electron chi connectivity index (χ3n) is 6.83. The molecule has 0 bridgehead atoms. The number of likely N-dealkylation sites (tertiary alicyclic amines) is 1. The molecule has 13 heteroatoms. The average molecular weight is 557 g/mol. The van der Waals surface area contributed by atoms with Crippen molar-refractivity contribution < 1.29 is 22.5 Å². The van der Waals surface area contributed by atoms with Gasteiger partial charge in [0.05, 0.1) is 29.5 Å². The van der Waals surface area contributed by atoms with E-state index in [2.05, 4.69) is 25.8 Å². The lowest BCUT2D eigenvalue weighted by Gasteiger charge is -2.33. The van der Waals surface area contributed by atoms with Crippen LogP contribution in [0, 0.1) is 0 Å². The molecule has 1 aliphatic rings. The number of halogens is 3. The summed E-state index contributed by atoms with van der Waals surface area (Å²) in [6, 6.07) is 4.66. The summed E-state index contributed by atoms with van der Waals surface area (Å²) in [5.74, 6) is -0.265. The SMILES string of the molecule is CN1CC[C@@H](Nc2cccn3c(C=C(F)F)c(-c4noc(CNC(=O)c5ccn(C(C)(C)C)c5)n4)nc23)[C@@H](F)C1. The lowest BCUT2D eigenvalue weighted by Crippen LogP contribution is -2.46. The number of carbonyl (C=O) groups excluding carboxylic acids is 1. The first-order valence-electron chi connectivity index (χ1n) is 12.9. The van der Waals surface area contributed by atoms with Crippen LogP contribution in [0.15, 0.2) is 47.4 Å². The van der Waals surface area contributed by atoms with Crippen LogP contribution in [0.3, 0.4) is 0 Å². The third kappa shape index (κ3) is 5.74. The highest BCUT2D eigenvalue weighted by atomic mass is 19.3. The second-order valence-electron chi connectivity index (χ2n) is 10.9. The van der Waals surface area contributed by atoms with Gasteiger partial charge in [0.1, 0.15) is 11.9 Å². The van der Waals surface area contributed by atoms with E-state index in [1.807, 2.05) is 43.5 Å². The van der Waals surface area contributed by atoms with Gasteiger partial charge in [-0.1, -0.05) is 5.16 Å². The number of nitrogens with one attached hydrogen (secondary N) is 2. The van der Waals surface area contributed by atoms with E-state index < -0.39 is 18.3 Å². The quantitative estimate of drug-likeness (QED) is 0.344. The van der Waals surface area contributed by atoms with Gasteiger partial charge in [-0.15, -0.1) is 0 Å². The van der Waals surface area contributed by atoms with Gasteiger partial charge < -0.3 is 24.6 Å². The van der Waals surface area contributed by atoms with Crippen molar-refractivity contribution in [3.8, 4) is 11.5 Å². The molecule has 5 heterocycles. The maximum absolute atomic E-state index is 14.7. The van der Waals surface area contributed by atoms with E-state index in [-0.39, 0.29) is 41.1 Å². The molecule has 2 N–H and O–H groups in total. The van der Waals surface area contributed by atoms with Gasteiger partial charge in [-0.3, -0.25) is 9.20 Å². The monoisotopic (exact) mass is 556 g/mol. The number of imidazole rings is 1. The number of hydrogen-bond donors (Lipinski definition) is 2. The van der Waals surface area contributed by atoms with Crippen LogP contribution in [0.1, 0.15) is 49.1 Å². The topological polar surface area (TPSA) is 106 Å². The number of piperidine rings is 1. The van der Waals surface area contributed by atoms with Crippen LogP contribution >= 0.6 is 0 Å². The number of alkyl halides is 1. The Hall–Kier alpha value is -4.13. The number of aromatic nitrogens is 5. The van der Waals surface area contributed by atoms with Crippen LogP contribution in [0.5, 0.6) is 0 Å². The zero-order chi connectivity index (χ0) is 28.6. The zero-order valence-corrected chi connectivity index (χ0v) is 22.7. The predicted octanol–water partition coefficient (Wildman–Crippen LogP) is 4.56. The lowest BCUT2D eigenvalue weighted by molar-refractivity contribution is 0.0946. The molecule has 0 aliphatic carbocycles. The molecule has 1 aliphatic heterocycles. The van der Waals surface area contributed by atoms with Crippen LogP contribution in [-0.4, -0.2) is 67.3 Å². The number of hydrogen-bond acceptors (Lipinski definition) is 7. The van der Waals surface area contributed by atoms with Crippen LogP contribution in [0.25, 0.3) is 23.2 Å². The minimum absolute atomic E-state index is 0.0204. The van der Waals surface area contributed by atoms with Gasteiger partial charge in [-0.05, 0) is 52.4 Å². The Morgan fingerprint density at radius 3 is 2.73 bits per heavy atom. The molecule has 10 nitrogen and oxygen atoms in total. The van der Waals surface area contributed by atoms with Gasteiger partial charge >= 0.3 is 0 Å². The summed E-state index contributed by atoms with van der Waals surface area (Å²) in [6.07, 6.45) is 3.38. The van der Waals surface area contributed by atoms with E-state index in [4.69, 9.17) is 4.52 Å². The molecule has 4 aromatic heterocycles. The van der Waals surface area contributed by atoms with Crippen molar-refractivity contribution >= 4 is 23.3 Å². The Bertz CT molecular complexity index is 1550. The fourth-order valence-electron chi connectivity index (χ4n) is 4.65. The number of nitrogens with zero attached hydrogens (tertiary/aromatic N) is 6. The van der Waals surface area contributed by atoms with Crippen molar-refractivity contribution in [2.75, 3.05) is 25.5 Å². The van der Waals surface area contributed by atoms with Crippen molar-refractivity contribution in [2.45, 2.75) is 51.5 Å². The summed E-state index contributed by atoms with van der Waals surface area (Å²) in [7, 11) is 1.86. The van der Waals surface area contributed by atoms with Crippen molar-refractivity contribution in [3.63, 3.8) is 0 Å². The Balaban J connectivity index is 1.39. The molecule has 0 spiro atoms. The summed E-state index contributed by atoms with van der Waals surface area (Å²) in [5.41, 5.74) is 1.22. The maximum Gasteiger partial charge on any atom is 0.272 e. The fraction of sp³-hybridized carbons (Fsp3) is 0.407. The van der Waals surface area contributed by atoms with Crippen LogP contribution < -0.4 is 10.6 Å². The molecular weight excluding hydrogens is 525 g/mol. The summed E-state index contributed by atoms with van der Waals surface area (Å²) >= 11 is 0. The van der Waals surface area contributed by atoms with Gasteiger partial charge in [0.15, 0.2) is 5.65 Å². The summed E-state index contributed by atoms with van der Waals surface area (Å²) < 4.78 is 50.3. The first-order valence-corrected chi connectivity index (χ1v) is 12.9. The van der Waals surface area contributed by atoms with Gasteiger partial charge in [0.25, 0.3) is 12.0 Å². The number of fused-ring (bicyclic) bond motifs is 1. The van der Waals surface area contributed by atoms with E-state index in [0.29, 0.717) is 35.9 Å². The maximum atomic E-state index is 14.7. The smallest absolute Gasteiger partial charge is 0.272 e. The number of carbonyl (C=O) groups is 1. The minimum atomic E-state index is -1.93. The molecule has 0 unspecified atom stereocenters. The Morgan fingerprint density at radius 2 is 2.02 bits per heavy atom. The summed E-state index contributed by atoms with van der Waals surface area (Å²) in [6.45, 7) is 7.04. The normalized spacial score (nSPS) is 18.2. The van der Waals surface area contributed by atoms with Crippen molar-refractivity contribution in [1.82, 2.24) is 34.3 Å². The Kier molecular flexibility index (Phi) is 7.41. The van der Waals surface area contributed by atoms with E-state index >= 15 is 0 Å². The molecule has 0 aromatic carbocycles. The molecule has 5 rings (SSSR count). The van der Waals surface area contributed by atoms with Crippen LogP contribution in [0.4, 0.5) is 18.9 Å². The molecule has 212 valence electrons.